The zero-order valence-corrected chi connectivity index (χ0v) is 33.0. The van der Waals surface area contributed by atoms with Crippen LogP contribution in [0, 0.1) is 0 Å². The molecule has 0 amide bonds. The molecule has 0 aliphatic carbocycles. The first-order valence-corrected chi connectivity index (χ1v) is 21.5. The van der Waals surface area contributed by atoms with Crippen LogP contribution in [-0.4, -0.2) is 43.3 Å². The molecular formula is C45H85N3. The Morgan fingerprint density at radius 2 is 0.958 bits per heavy atom. The summed E-state index contributed by atoms with van der Waals surface area (Å²) in [5, 5.41) is 7.23. The largest absolute Gasteiger partial charge is 0.303 e. The van der Waals surface area contributed by atoms with Crippen molar-refractivity contribution in [3.05, 3.63) is 48.6 Å². The fourth-order valence-corrected chi connectivity index (χ4v) is 7.07. The Morgan fingerprint density at radius 3 is 1.38 bits per heavy atom. The van der Waals surface area contributed by atoms with Crippen molar-refractivity contribution in [3.63, 3.8) is 0 Å². The highest BCUT2D eigenvalue weighted by atomic mass is 15.2. The number of nitrogens with one attached hydrogen (secondary N) is 2. The quantitative estimate of drug-likeness (QED) is 0.0520. The van der Waals surface area contributed by atoms with E-state index in [1.807, 2.05) is 0 Å². The van der Waals surface area contributed by atoms with Crippen molar-refractivity contribution in [2.75, 3.05) is 20.1 Å². The van der Waals surface area contributed by atoms with Crippen LogP contribution in [0.15, 0.2) is 48.6 Å². The summed E-state index contributed by atoms with van der Waals surface area (Å²) in [5.74, 6) is 0. The van der Waals surface area contributed by atoms with Crippen LogP contribution in [0.25, 0.3) is 0 Å². The van der Waals surface area contributed by atoms with Crippen molar-refractivity contribution >= 4 is 0 Å². The van der Waals surface area contributed by atoms with Crippen LogP contribution in [0.1, 0.15) is 201 Å². The second-order valence-corrected chi connectivity index (χ2v) is 15.0. The molecule has 0 radical (unpaired) electrons. The van der Waals surface area contributed by atoms with Gasteiger partial charge in [-0.1, -0.05) is 152 Å². The number of hydrogen-bond donors (Lipinski definition) is 2. The molecule has 2 unspecified atom stereocenters. The fraction of sp³-hybridized carbons (Fsp3) is 0.822. The number of nitrogens with zero attached hydrogens (tertiary/aromatic N) is 1. The lowest BCUT2D eigenvalue weighted by Crippen LogP contribution is -2.34. The molecule has 0 saturated carbocycles. The van der Waals surface area contributed by atoms with Crippen LogP contribution in [0.2, 0.25) is 0 Å². The lowest BCUT2D eigenvalue weighted by atomic mass is 9.98. The average molecular weight is 668 g/mol. The van der Waals surface area contributed by atoms with E-state index in [1.54, 1.807) is 0 Å². The molecule has 1 aliphatic heterocycles. The monoisotopic (exact) mass is 668 g/mol. The van der Waals surface area contributed by atoms with Crippen molar-refractivity contribution in [1.29, 1.82) is 0 Å². The summed E-state index contributed by atoms with van der Waals surface area (Å²) in [6, 6.07) is 1.43. The molecule has 3 nitrogen and oxygen atoms in total. The maximum atomic E-state index is 3.69. The van der Waals surface area contributed by atoms with Gasteiger partial charge in [-0.15, -0.1) is 0 Å². The highest BCUT2D eigenvalue weighted by molar-refractivity contribution is 4.93. The van der Waals surface area contributed by atoms with Crippen molar-refractivity contribution in [3.8, 4) is 0 Å². The van der Waals surface area contributed by atoms with Crippen LogP contribution in [0.4, 0.5) is 0 Å². The summed E-state index contributed by atoms with van der Waals surface area (Å²) in [6.07, 6.45) is 57.0. The van der Waals surface area contributed by atoms with Gasteiger partial charge in [-0.3, -0.25) is 5.32 Å². The molecule has 0 aromatic heterocycles. The van der Waals surface area contributed by atoms with Gasteiger partial charge in [0.25, 0.3) is 0 Å². The molecule has 1 rings (SSSR count). The van der Waals surface area contributed by atoms with Crippen LogP contribution in [-0.2, 0) is 0 Å². The van der Waals surface area contributed by atoms with E-state index in [-0.39, 0.29) is 0 Å². The highest BCUT2D eigenvalue weighted by Gasteiger charge is 2.20. The maximum absolute atomic E-state index is 3.69. The van der Waals surface area contributed by atoms with Crippen LogP contribution in [0.3, 0.4) is 0 Å². The molecule has 280 valence electrons. The summed E-state index contributed by atoms with van der Waals surface area (Å²) < 4.78 is 0. The first kappa shape index (κ1) is 44.9. The molecular weight excluding hydrogens is 583 g/mol. The minimum absolute atomic E-state index is 0.480. The van der Waals surface area contributed by atoms with Crippen LogP contribution >= 0.6 is 0 Å². The molecule has 3 heteroatoms. The molecule has 1 fully saturated rings. The topological polar surface area (TPSA) is 27.3 Å². The molecule has 0 aromatic rings. The Labute approximate surface area is 302 Å². The molecule has 2 N–H and O–H groups in total. The van der Waals surface area contributed by atoms with E-state index in [0.717, 1.165) is 25.4 Å². The third-order valence-corrected chi connectivity index (χ3v) is 10.3. The van der Waals surface area contributed by atoms with Gasteiger partial charge in [0.05, 0.1) is 6.17 Å². The molecule has 1 saturated heterocycles. The second kappa shape index (κ2) is 35.7. The Hall–Kier alpha value is -1.16. The minimum atomic E-state index is 0.480. The Bertz CT molecular complexity index is 720. The van der Waals surface area contributed by atoms with Gasteiger partial charge in [0.1, 0.15) is 0 Å². The van der Waals surface area contributed by atoms with E-state index in [0.29, 0.717) is 12.2 Å². The van der Waals surface area contributed by atoms with E-state index in [4.69, 9.17) is 0 Å². The van der Waals surface area contributed by atoms with E-state index >= 15 is 0 Å². The van der Waals surface area contributed by atoms with Gasteiger partial charge in [0.15, 0.2) is 0 Å². The summed E-state index contributed by atoms with van der Waals surface area (Å²) in [7, 11) is 2.42. The van der Waals surface area contributed by atoms with Gasteiger partial charge >= 0.3 is 0 Å². The standard InChI is InChI=1S/C45H85N3/c1-5-7-9-11-13-15-17-19-21-23-25-27-29-31-33-35-39-45(48(4)41-37-38-44-42-46-43(3)47-44)40-36-34-32-30-28-26-24-22-20-18-16-14-12-10-8-6-2/h13-16,19-22,43-47H,5-12,17-18,23-42H2,1-4H3/b15-13-,16-14-,21-19-,22-20-. The number of hydrogen-bond acceptors (Lipinski definition) is 3. The van der Waals surface area contributed by atoms with Crippen molar-refractivity contribution < 1.29 is 0 Å². The van der Waals surface area contributed by atoms with Gasteiger partial charge in [-0.05, 0) is 110 Å². The molecule has 0 spiro atoms. The summed E-state index contributed by atoms with van der Waals surface area (Å²) in [6.45, 7) is 9.17. The molecule has 48 heavy (non-hydrogen) atoms. The molecule has 0 aromatic carbocycles. The van der Waals surface area contributed by atoms with Gasteiger partial charge in [0.2, 0.25) is 0 Å². The zero-order chi connectivity index (χ0) is 34.6. The first-order chi connectivity index (χ1) is 23.7. The SMILES string of the molecule is CCCCC/C=C\C/C=C\CCCCCCCCC(CCCCCCCC/C=C\C/C=C\CCCCC)N(C)CCCC1CNC(C)N1. The summed E-state index contributed by atoms with van der Waals surface area (Å²) in [4.78, 5) is 2.73. The van der Waals surface area contributed by atoms with Gasteiger partial charge < -0.3 is 10.2 Å². The molecule has 1 heterocycles. The molecule has 2 atom stereocenters. The average Bonchev–Trinajstić information content (AvgIpc) is 3.51. The van der Waals surface area contributed by atoms with Crippen LogP contribution in [0.5, 0.6) is 0 Å². The predicted molar refractivity (Wildman–Crippen MR) is 218 cm³/mol. The molecule has 1 aliphatic rings. The van der Waals surface area contributed by atoms with E-state index < -0.39 is 0 Å². The molecule has 0 bridgehead atoms. The smallest absolute Gasteiger partial charge is 0.0545 e. The van der Waals surface area contributed by atoms with Crippen molar-refractivity contribution in [2.45, 2.75) is 219 Å². The first-order valence-electron chi connectivity index (χ1n) is 21.5. The number of unbranched alkanes of at least 4 members (excludes halogenated alkanes) is 18. The Balaban J connectivity index is 2.17. The van der Waals surface area contributed by atoms with Crippen molar-refractivity contribution in [1.82, 2.24) is 15.5 Å². The normalized spacial score (nSPS) is 17.3. The van der Waals surface area contributed by atoms with Crippen molar-refractivity contribution in [2.24, 2.45) is 0 Å². The summed E-state index contributed by atoms with van der Waals surface area (Å²) >= 11 is 0. The lowest BCUT2D eigenvalue weighted by Gasteiger charge is -2.29. The minimum Gasteiger partial charge on any atom is -0.303 e. The van der Waals surface area contributed by atoms with E-state index in [9.17, 15) is 0 Å². The highest BCUT2D eigenvalue weighted by Crippen LogP contribution is 2.19. The fourth-order valence-electron chi connectivity index (χ4n) is 7.07. The Kier molecular flexibility index (Phi) is 33.3. The summed E-state index contributed by atoms with van der Waals surface area (Å²) in [5.41, 5.74) is 0. The number of rotatable bonds is 35. The van der Waals surface area contributed by atoms with Crippen LogP contribution < -0.4 is 10.6 Å². The van der Waals surface area contributed by atoms with E-state index in [2.05, 4.69) is 92.0 Å². The lowest BCUT2D eigenvalue weighted by molar-refractivity contribution is 0.204. The number of allylic oxidation sites excluding steroid dienone is 8. The van der Waals surface area contributed by atoms with Gasteiger partial charge in [0, 0.05) is 18.6 Å². The van der Waals surface area contributed by atoms with Gasteiger partial charge in [-0.2, -0.15) is 0 Å². The predicted octanol–water partition coefficient (Wildman–Crippen LogP) is 13.4. The van der Waals surface area contributed by atoms with Gasteiger partial charge in [-0.25, -0.2) is 0 Å². The zero-order valence-electron chi connectivity index (χ0n) is 33.0. The maximum Gasteiger partial charge on any atom is 0.0545 e. The second-order valence-electron chi connectivity index (χ2n) is 15.0. The third-order valence-electron chi connectivity index (χ3n) is 10.3. The van der Waals surface area contributed by atoms with E-state index in [1.165, 1.54) is 173 Å². The third kappa shape index (κ3) is 29.7. The Morgan fingerprint density at radius 1 is 0.542 bits per heavy atom.